The minimum absolute atomic E-state index is 0.0818. The lowest BCUT2D eigenvalue weighted by Gasteiger charge is -2.32. The van der Waals surface area contributed by atoms with Gasteiger partial charge in [-0.05, 0) is 56.0 Å². The van der Waals surface area contributed by atoms with Crippen molar-refractivity contribution in [2.75, 3.05) is 19.6 Å². The molecule has 2 aromatic heterocycles. The molecular weight excluding hydrogens is 306 g/mol. The topological polar surface area (TPSA) is 45.2 Å². The molecule has 0 atom stereocenters. The van der Waals surface area contributed by atoms with Crippen LogP contribution in [-0.4, -0.2) is 41.5 Å². The Kier molecular flexibility index (Phi) is 5.41. The van der Waals surface area contributed by atoms with Gasteiger partial charge in [-0.15, -0.1) is 11.3 Å². The molecule has 5 heteroatoms. The Morgan fingerprint density at radius 1 is 1.26 bits per heavy atom. The number of hydrogen-bond acceptors (Lipinski definition) is 4. The number of nitrogens with zero attached hydrogens (tertiary/aromatic N) is 2. The number of likely N-dealkylation sites (tertiary alicyclic amines) is 1. The fourth-order valence-electron chi connectivity index (χ4n) is 2.95. The Bertz CT molecular complexity index is 633. The number of aryl methyl sites for hydroxylation is 1. The number of amides is 1. The first-order valence-corrected chi connectivity index (χ1v) is 9.01. The summed E-state index contributed by atoms with van der Waals surface area (Å²) in [7, 11) is 0. The molecule has 1 aliphatic heterocycles. The Morgan fingerprint density at radius 3 is 2.65 bits per heavy atom. The molecule has 1 aliphatic rings. The van der Waals surface area contributed by atoms with Crippen molar-refractivity contribution >= 4 is 17.2 Å². The van der Waals surface area contributed by atoms with Crippen LogP contribution in [0.15, 0.2) is 36.7 Å². The SMILES string of the molecule is Cc1ccc(C(=O)NC2CCN(CCc3ccncc3)CC2)s1. The van der Waals surface area contributed by atoms with E-state index in [-0.39, 0.29) is 5.91 Å². The number of pyridine rings is 1. The highest BCUT2D eigenvalue weighted by Gasteiger charge is 2.21. The van der Waals surface area contributed by atoms with E-state index in [0.717, 1.165) is 43.8 Å². The molecule has 23 heavy (non-hydrogen) atoms. The number of hydrogen-bond donors (Lipinski definition) is 1. The molecule has 0 aliphatic carbocycles. The third kappa shape index (κ3) is 4.62. The molecule has 0 spiro atoms. The van der Waals surface area contributed by atoms with E-state index in [4.69, 9.17) is 0 Å². The van der Waals surface area contributed by atoms with Crippen molar-refractivity contribution in [3.05, 3.63) is 52.0 Å². The van der Waals surface area contributed by atoms with Crippen LogP contribution in [0.2, 0.25) is 0 Å². The zero-order valence-corrected chi connectivity index (χ0v) is 14.3. The van der Waals surface area contributed by atoms with Crippen molar-refractivity contribution in [2.24, 2.45) is 0 Å². The maximum atomic E-state index is 12.2. The second-order valence-corrected chi connectivity index (χ2v) is 7.39. The molecule has 1 fully saturated rings. The molecule has 0 unspecified atom stereocenters. The Morgan fingerprint density at radius 2 is 2.00 bits per heavy atom. The third-order valence-electron chi connectivity index (χ3n) is 4.35. The number of rotatable bonds is 5. The van der Waals surface area contributed by atoms with E-state index in [2.05, 4.69) is 27.3 Å². The molecule has 2 aromatic rings. The van der Waals surface area contributed by atoms with Gasteiger partial charge in [-0.2, -0.15) is 0 Å². The van der Waals surface area contributed by atoms with Gasteiger partial charge in [0.15, 0.2) is 0 Å². The number of carbonyl (C=O) groups excluding carboxylic acids is 1. The zero-order chi connectivity index (χ0) is 16.1. The average molecular weight is 329 g/mol. The molecule has 3 heterocycles. The smallest absolute Gasteiger partial charge is 0.261 e. The maximum absolute atomic E-state index is 12.2. The first-order valence-electron chi connectivity index (χ1n) is 8.19. The van der Waals surface area contributed by atoms with Crippen molar-refractivity contribution in [2.45, 2.75) is 32.2 Å². The highest BCUT2D eigenvalue weighted by molar-refractivity contribution is 7.13. The Hall–Kier alpha value is -1.72. The second kappa shape index (κ2) is 7.70. The summed E-state index contributed by atoms with van der Waals surface area (Å²) in [6.07, 6.45) is 6.83. The Balaban J connectivity index is 1.41. The molecule has 0 radical (unpaired) electrons. The van der Waals surface area contributed by atoms with E-state index >= 15 is 0 Å². The van der Waals surface area contributed by atoms with E-state index < -0.39 is 0 Å². The van der Waals surface area contributed by atoms with Crippen LogP contribution in [0.4, 0.5) is 0 Å². The molecule has 1 amide bonds. The van der Waals surface area contributed by atoms with Crippen LogP contribution < -0.4 is 5.32 Å². The number of aromatic nitrogens is 1. The van der Waals surface area contributed by atoms with Crippen molar-refractivity contribution in [3.63, 3.8) is 0 Å². The van der Waals surface area contributed by atoms with E-state index in [1.54, 1.807) is 11.3 Å². The summed E-state index contributed by atoms with van der Waals surface area (Å²) in [5.74, 6) is 0.0818. The lowest BCUT2D eigenvalue weighted by molar-refractivity contribution is 0.0915. The van der Waals surface area contributed by atoms with Crippen molar-refractivity contribution in [1.29, 1.82) is 0 Å². The zero-order valence-electron chi connectivity index (χ0n) is 13.5. The lowest BCUT2D eigenvalue weighted by Crippen LogP contribution is -2.45. The van der Waals surface area contributed by atoms with Gasteiger partial charge in [0.1, 0.15) is 0 Å². The van der Waals surface area contributed by atoms with Gasteiger partial charge in [0.2, 0.25) is 0 Å². The summed E-state index contributed by atoms with van der Waals surface area (Å²) >= 11 is 1.56. The molecule has 4 nitrogen and oxygen atoms in total. The largest absolute Gasteiger partial charge is 0.349 e. The van der Waals surface area contributed by atoms with E-state index in [1.807, 2.05) is 31.5 Å². The third-order valence-corrected chi connectivity index (χ3v) is 5.35. The molecule has 1 saturated heterocycles. The van der Waals surface area contributed by atoms with E-state index in [9.17, 15) is 4.79 Å². The molecule has 1 N–H and O–H groups in total. The van der Waals surface area contributed by atoms with Gasteiger partial charge in [-0.3, -0.25) is 9.78 Å². The van der Waals surface area contributed by atoms with Gasteiger partial charge in [-0.1, -0.05) is 0 Å². The normalized spacial score (nSPS) is 16.4. The first kappa shape index (κ1) is 16.1. The standard InChI is InChI=1S/C18H23N3OS/c1-14-2-3-17(23-14)18(22)20-16-7-12-21(13-8-16)11-6-15-4-9-19-10-5-15/h2-5,9-10,16H,6-8,11-13H2,1H3,(H,20,22). The number of carbonyl (C=O) groups is 1. The van der Waals surface area contributed by atoms with Crippen LogP contribution in [0.3, 0.4) is 0 Å². The van der Waals surface area contributed by atoms with Gasteiger partial charge in [-0.25, -0.2) is 0 Å². The second-order valence-electron chi connectivity index (χ2n) is 6.11. The van der Waals surface area contributed by atoms with Crippen LogP contribution in [-0.2, 0) is 6.42 Å². The van der Waals surface area contributed by atoms with Gasteiger partial charge in [0, 0.05) is 42.9 Å². The predicted octanol–water partition coefficient (Wildman–Crippen LogP) is 2.89. The predicted molar refractivity (Wildman–Crippen MR) is 93.9 cm³/mol. The summed E-state index contributed by atoms with van der Waals surface area (Å²) in [5.41, 5.74) is 1.34. The van der Waals surface area contributed by atoms with Crippen molar-refractivity contribution in [3.8, 4) is 0 Å². The Labute approximate surface area is 141 Å². The highest BCUT2D eigenvalue weighted by atomic mass is 32.1. The number of thiophene rings is 1. The fraction of sp³-hybridized carbons (Fsp3) is 0.444. The number of nitrogens with one attached hydrogen (secondary N) is 1. The quantitative estimate of drug-likeness (QED) is 0.917. The monoisotopic (exact) mass is 329 g/mol. The van der Waals surface area contributed by atoms with E-state index in [0.29, 0.717) is 6.04 Å². The summed E-state index contributed by atoms with van der Waals surface area (Å²) in [4.78, 5) is 20.7. The number of piperidine rings is 1. The van der Waals surface area contributed by atoms with Gasteiger partial charge in [0.05, 0.1) is 4.88 Å². The molecule has 0 bridgehead atoms. The van der Waals surface area contributed by atoms with Gasteiger partial charge >= 0.3 is 0 Å². The summed E-state index contributed by atoms with van der Waals surface area (Å²) in [6.45, 7) is 5.22. The average Bonchev–Trinajstić information content (AvgIpc) is 3.02. The fourth-order valence-corrected chi connectivity index (χ4v) is 3.72. The van der Waals surface area contributed by atoms with Crippen LogP contribution in [0.25, 0.3) is 0 Å². The molecule has 0 aromatic carbocycles. The molecule has 0 saturated carbocycles. The maximum Gasteiger partial charge on any atom is 0.261 e. The van der Waals surface area contributed by atoms with Crippen molar-refractivity contribution < 1.29 is 4.79 Å². The van der Waals surface area contributed by atoms with Crippen LogP contribution in [0, 0.1) is 6.92 Å². The lowest BCUT2D eigenvalue weighted by atomic mass is 10.0. The van der Waals surface area contributed by atoms with Crippen LogP contribution >= 0.6 is 11.3 Å². The summed E-state index contributed by atoms with van der Waals surface area (Å²) < 4.78 is 0. The minimum Gasteiger partial charge on any atom is -0.349 e. The van der Waals surface area contributed by atoms with Gasteiger partial charge < -0.3 is 10.2 Å². The highest BCUT2D eigenvalue weighted by Crippen LogP contribution is 2.17. The molecule has 122 valence electrons. The molecular formula is C18H23N3OS. The minimum atomic E-state index is 0.0818. The first-order chi connectivity index (χ1) is 11.2. The van der Waals surface area contributed by atoms with Crippen molar-refractivity contribution in [1.82, 2.24) is 15.2 Å². The van der Waals surface area contributed by atoms with Crippen LogP contribution in [0.5, 0.6) is 0 Å². The summed E-state index contributed by atoms with van der Waals surface area (Å²) in [6, 6.07) is 8.38. The van der Waals surface area contributed by atoms with Gasteiger partial charge in [0.25, 0.3) is 5.91 Å². The van der Waals surface area contributed by atoms with E-state index in [1.165, 1.54) is 10.4 Å². The van der Waals surface area contributed by atoms with Crippen LogP contribution in [0.1, 0.15) is 33.0 Å². The molecule has 3 rings (SSSR count). The summed E-state index contributed by atoms with van der Waals surface area (Å²) in [5, 5.41) is 3.18.